The standard InChI is InChI=1S/C37H45N5O7/c1-2-47-33(44)22-39-36(46)38-21-26-8-14-29(15-9-26)34-48-31(20-32(49-34)28-12-10-27(24-43)11-13-28)23-41-18-16-37(17-19-41)35(45)40-25-42(37)30-6-4-3-5-7-30/h3-15,31-32,34,43H,2,16-25H2,1H3,(H,40,45)(H2,38,39,46)/t31-,32+,34+/m1/s1. The number of hydrogen-bond donors (Lipinski definition) is 4. The predicted molar refractivity (Wildman–Crippen MR) is 182 cm³/mol. The van der Waals surface area contributed by atoms with E-state index in [1.807, 2.05) is 66.7 Å². The van der Waals surface area contributed by atoms with Gasteiger partial charge in [0.05, 0.1) is 32.1 Å². The molecule has 3 aliphatic heterocycles. The van der Waals surface area contributed by atoms with E-state index in [1.54, 1.807) is 6.92 Å². The Hall–Kier alpha value is -4.49. The topological polar surface area (TPSA) is 142 Å². The molecule has 0 bridgehead atoms. The lowest BCUT2D eigenvalue weighted by molar-refractivity contribution is -0.253. The summed E-state index contributed by atoms with van der Waals surface area (Å²) in [4.78, 5) is 41.4. The Morgan fingerprint density at radius 1 is 0.939 bits per heavy atom. The molecule has 12 heteroatoms. The van der Waals surface area contributed by atoms with Crippen molar-refractivity contribution < 1.29 is 33.7 Å². The summed E-state index contributed by atoms with van der Waals surface area (Å²) in [6.07, 6.45) is 1.16. The maximum Gasteiger partial charge on any atom is 0.325 e. The van der Waals surface area contributed by atoms with Gasteiger partial charge < -0.3 is 45.1 Å². The molecule has 49 heavy (non-hydrogen) atoms. The lowest BCUT2D eigenvalue weighted by Crippen LogP contribution is -2.57. The molecule has 0 radical (unpaired) electrons. The first-order valence-electron chi connectivity index (χ1n) is 17.0. The molecule has 0 unspecified atom stereocenters. The average molecular weight is 672 g/mol. The number of aliphatic hydroxyl groups excluding tert-OH is 1. The number of hydrogen-bond acceptors (Lipinski definition) is 9. The summed E-state index contributed by atoms with van der Waals surface area (Å²) < 4.78 is 18.0. The van der Waals surface area contributed by atoms with E-state index < -0.39 is 23.8 Å². The van der Waals surface area contributed by atoms with Gasteiger partial charge >= 0.3 is 12.0 Å². The number of anilines is 1. The Balaban J connectivity index is 1.10. The van der Waals surface area contributed by atoms with Gasteiger partial charge in [-0.1, -0.05) is 66.7 Å². The van der Waals surface area contributed by atoms with Crippen LogP contribution in [-0.2, 0) is 37.0 Å². The Kier molecular flexibility index (Phi) is 11.1. The number of carbonyl (C=O) groups excluding carboxylic acids is 3. The molecule has 3 amide bonds. The molecule has 4 N–H and O–H groups in total. The summed E-state index contributed by atoms with van der Waals surface area (Å²) in [6, 6.07) is 25.2. The number of piperidine rings is 1. The number of rotatable bonds is 11. The van der Waals surface area contributed by atoms with Crippen LogP contribution in [0.5, 0.6) is 0 Å². The van der Waals surface area contributed by atoms with Crippen LogP contribution < -0.4 is 20.9 Å². The molecule has 3 heterocycles. The fourth-order valence-corrected chi connectivity index (χ4v) is 6.86. The number of aliphatic hydroxyl groups is 1. The van der Waals surface area contributed by atoms with Gasteiger partial charge in [0.1, 0.15) is 12.1 Å². The van der Waals surface area contributed by atoms with E-state index in [2.05, 4.69) is 37.9 Å². The predicted octanol–water partition coefficient (Wildman–Crippen LogP) is 3.52. The van der Waals surface area contributed by atoms with Crippen LogP contribution in [-0.4, -0.2) is 79.0 Å². The zero-order chi connectivity index (χ0) is 34.2. The van der Waals surface area contributed by atoms with Gasteiger partial charge in [0.15, 0.2) is 6.29 Å². The van der Waals surface area contributed by atoms with Crippen LogP contribution in [0.3, 0.4) is 0 Å². The fraction of sp³-hybridized carbons (Fsp3) is 0.432. The summed E-state index contributed by atoms with van der Waals surface area (Å²) in [6.45, 7) is 4.79. The van der Waals surface area contributed by atoms with Crippen molar-refractivity contribution >= 4 is 23.6 Å². The number of amides is 3. The number of nitrogens with one attached hydrogen (secondary N) is 3. The maximum atomic E-state index is 13.2. The van der Waals surface area contributed by atoms with E-state index in [-0.39, 0.29) is 44.4 Å². The molecule has 12 nitrogen and oxygen atoms in total. The third-order valence-corrected chi connectivity index (χ3v) is 9.57. The highest BCUT2D eigenvalue weighted by atomic mass is 16.7. The Morgan fingerprint density at radius 3 is 2.33 bits per heavy atom. The highest BCUT2D eigenvalue weighted by molar-refractivity contribution is 5.93. The van der Waals surface area contributed by atoms with Crippen molar-refractivity contribution in [1.82, 2.24) is 20.9 Å². The minimum atomic E-state index is -0.610. The van der Waals surface area contributed by atoms with Crippen molar-refractivity contribution in [2.75, 3.05) is 44.4 Å². The van der Waals surface area contributed by atoms with Gasteiger partial charge in [0.2, 0.25) is 5.91 Å². The van der Waals surface area contributed by atoms with Crippen molar-refractivity contribution in [2.24, 2.45) is 0 Å². The number of carbonyl (C=O) groups is 3. The monoisotopic (exact) mass is 671 g/mol. The lowest BCUT2D eigenvalue weighted by Gasteiger charge is -2.45. The second-order valence-corrected chi connectivity index (χ2v) is 12.7. The van der Waals surface area contributed by atoms with Crippen molar-refractivity contribution in [1.29, 1.82) is 0 Å². The average Bonchev–Trinajstić information content (AvgIpc) is 3.45. The van der Waals surface area contributed by atoms with Crippen LogP contribution in [0.25, 0.3) is 0 Å². The number of likely N-dealkylation sites (tertiary alicyclic amines) is 1. The molecule has 3 fully saturated rings. The highest BCUT2D eigenvalue weighted by Crippen LogP contribution is 2.40. The third-order valence-electron chi connectivity index (χ3n) is 9.57. The summed E-state index contributed by atoms with van der Waals surface area (Å²) in [5.74, 6) is -0.392. The van der Waals surface area contributed by atoms with Crippen molar-refractivity contribution in [2.45, 2.75) is 63.4 Å². The van der Waals surface area contributed by atoms with Gasteiger partial charge in [-0.2, -0.15) is 0 Å². The minimum Gasteiger partial charge on any atom is -0.465 e. The number of nitrogens with zero attached hydrogens (tertiary/aromatic N) is 2. The van der Waals surface area contributed by atoms with Gasteiger partial charge in [-0.05, 0) is 48.6 Å². The molecule has 3 aromatic rings. The Morgan fingerprint density at radius 2 is 1.63 bits per heavy atom. The van der Waals surface area contributed by atoms with E-state index in [0.29, 0.717) is 19.6 Å². The van der Waals surface area contributed by atoms with Gasteiger partial charge in [0, 0.05) is 43.9 Å². The van der Waals surface area contributed by atoms with Gasteiger partial charge in [0.25, 0.3) is 0 Å². The quantitative estimate of drug-likeness (QED) is 0.226. The summed E-state index contributed by atoms with van der Waals surface area (Å²) in [5.41, 5.74) is 4.09. The molecular formula is C37H45N5O7. The summed E-state index contributed by atoms with van der Waals surface area (Å²) >= 11 is 0. The van der Waals surface area contributed by atoms with Crippen LogP contribution in [0.2, 0.25) is 0 Å². The second-order valence-electron chi connectivity index (χ2n) is 12.7. The lowest BCUT2D eigenvalue weighted by atomic mass is 9.85. The van der Waals surface area contributed by atoms with E-state index in [4.69, 9.17) is 14.2 Å². The van der Waals surface area contributed by atoms with E-state index in [0.717, 1.165) is 53.9 Å². The molecule has 3 aromatic carbocycles. The zero-order valence-electron chi connectivity index (χ0n) is 27.8. The number of esters is 1. The van der Waals surface area contributed by atoms with Crippen molar-refractivity contribution in [3.8, 4) is 0 Å². The van der Waals surface area contributed by atoms with E-state index >= 15 is 0 Å². The van der Waals surface area contributed by atoms with Crippen molar-refractivity contribution in [3.05, 3.63) is 101 Å². The first kappa shape index (κ1) is 34.4. The Labute approximate surface area is 286 Å². The maximum absolute atomic E-state index is 13.2. The SMILES string of the molecule is CCOC(=O)CNC(=O)NCc1ccc([C@H]2O[C@@H](CN3CCC4(CC3)C(=O)NCN4c3ccccc3)C[C@@H](c3ccc(CO)cc3)O2)cc1. The molecule has 0 aromatic heterocycles. The normalized spacial score (nSPS) is 22.0. The van der Waals surface area contributed by atoms with Gasteiger partial charge in [-0.15, -0.1) is 0 Å². The fourth-order valence-electron chi connectivity index (χ4n) is 6.86. The van der Waals surface area contributed by atoms with Crippen LogP contribution in [0.1, 0.15) is 60.8 Å². The molecule has 6 rings (SSSR count). The third kappa shape index (κ3) is 8.22. The molecule has 3 atom stereocenters. The molecule has 3 aliphatic rings. The number of ether oxygens (including phenoxy) is 3. The van der Waals surface area contributed by atoms with E-state index in [1.165, 1.54) is 0 Å². The molecule has 1 spiro atoms. The molecule has 3 saturated heterocycles. The number of urea groups is 1. The summed E-state index contributed by atoms with van der Waals surface area (Å²) in [5, 5.41) is 17.9. The second kappa shape index (κ2) is 15.8. The number of para-hydroxylation sites is 1. The molecule has 0 saturated carbocycles. The van der Waals surface area contributed by atoms with Crippen LogP contribution in [0, 0.1) is 0 Å². The van der Waals surface area contributed by atoms with Crippen molar-refractivity contribution in [3.63, 3.8) is 0 Å². The molecule has 260 valence electrons. The zero-order valence-corrected chi connectivity index (χ0v) is 27.8. The van der Waals surface area contributed by atoms with Crippen LogP contribution >= 0.6 is 0 Å². The molecule has 0 aliphatic carbocycles. The first-order chi connectivity index (χ1) is 23.9. The Bertz CT molecular complexity index is 1560. The van der Waals surface area contributed by atoms with Gasteiger partial charge in [-0.3, -0.25) is 9.59 Å². The van der Waals surface area contributed by atoms with E-state index in [9.17, 15) is 19.5 Å². The minimum absolute atomic E-state index is 0.0232. The highest BCUT2D eigenvalue weighted by Gasteiger charge is 2.50. The first-order valence-corrected chi connectivity index (χ1v) is 17.0. The van der Waals surface area contributed by atoms with Crippen LogP contribution in [0.15, 0.2) is 78.9 Å². The smallest absolute Gasteiger partial charge is 0.325 e. The summed E-state index contributed by atoms with van der Waals surface area (Å²) in [7, 11) is 0. The largest absolute Gasteiger partial charge is 0.465 e. The van der Waals surface area contributed by atoms with Gasteiger partial charge in [-0.25, -0.2) is 4.79 Å². The van der Waals surface area contributed by atoms with Crippen LogP contribution in [0.4, 0.5) is 10.5 Å². The molecular weight excluding hydrogens is 626 g/mol. The number of benzene rings is 3.